The third kappa shape index (κ3) is 1.44. The van der Waals surface area contributed by atoms with Crippen LogP contribution in [0.2, 0.25) is 0 Å². The van der Waals surface area contributed by atoms with Crippen molar-refractivity contribution in [1.82, 2.24) is 0 Å². The Kier molecular flexibility index (Phi) is 2.26. The molecular weight excluding hydrogens is 210 g/mol. The molecule has 0 amide bonds. The molecule has 3 nitrogen and oxygen atoms in total. The van der Waals surface area contributed by atoms with Crippen molar-refractivity contribution in [3.05, 3.63) is 29.8 Å². The van der Waals surface area contributed by atoms with Crippen LogP contribution in [0.25, 0.3) is 0 Å². The van der Waals surface area contributed by atoms with Gasteiger partial charge in [0.05, 0.1) is 4.75 Å². The maximum absolute atomic E-state index is 11.8. The minimum Gasteiger partial charge on any atom is -0.398 e. The SMILES string of the molecule is CS(=O)(=O)C1(c2ccccc2N)CCC1. The lowest BCUT2D eigenvalue weighted by Gasteiger charge is -2.41. The fourth-order valence-electron chi connectivity index (χ4n) is 2.25. The molecule has 2 rings (SSSR count). The molecule has 82 valence electrons. The second-order valence-electron chi connectivity index (χ2n) is 4.21. The lowest BCUT2D eigenvalue weighted by Crippen LogP contribution is -2.42. The molecule has 0 aromatic heterocycles. The largest absolute Gasteiger partial charge is 0.398 e. The first-order chi connectivity index (χ1) is 6.97. The van der Waals surface area contributed by atoms with Crippen LogP contribution in [0, 0.1) is 0 Å². The van der Waals surface area contributed by atoms with Crippen LogP contribution in [0.5, 0.6) is 0 Å². The number of para-hydroxylation sites is 1. The molecule has 1 aromatic rings. The summed E-state index contributed by atoms with van der Waals surface area (Å²) in [5.41, 5.74) is 7.21. The van der Waals surface area contributed by atoms with Gasteiger partial charge in [0, 0.05) is 11.9 Å². The van der Waals surface area contributed by atoms with E-state index in [1.165, 1.54) is 6.26 Å². The van der Waals surface area contributed by atoms with Crippen molar-refractivity contribution in [2.75, 3.05) is 12.0 Å². The summed E-state index contributed by atoms with van der Waals surface area (Å²) in [4.78, 5) is 0. The van der Waals surface area contributed by atoms with E-state index in [0.717, 1.165) is 12.0 Å². The smallest absolute Gasteiger partial charge is 0.157 e. The molecule has 0 aliphatic heterocycles. The number of nitrogen functional groups attached to an aromatic ring is 1. The van der Waals surface area contributed by atoms with Crippen molar-refractivity contribution in [1.29, 1.82) is 0 Å². The molecule has 2 N–H and O–H groups in total. The van der Waals surface area contributed by atoms with Gasteiger partial charge in [0.1, 0.15) is 0 Å². The van der Waals surface area contributed by atoms with Crippen LogP contribution in [0.3, 0.4) is 0 Å². The summed E-state index contributed by atoms with van der Waals surface area (Å²) >= 11 is 0. The monoisotopic (exact) mass is 225 g/mol. The van der Waals surface area contributed by atoms with Crippen molar-refractivity contribution in [3.8, 4) is 0 Å². The molecule has 15 heavy (non-hydrogen) atoms. The third-order valence-electron chi connectivity index (χ3n) is 3.32. The van der Waals surface area contributed by atoms with Crippen LogP contribution in [0.1, 0.15) is 24.8 Å². The van der Waals surface area contributed by atoms with Crippen LogP contribution in [0.4, 0.5) is 5.69 Å². The van der Waals surface area contributed by atoms with E-state index in [0.29, 0.717) is 18.5 Å². The van der Waals surface area contributed by atoms with E-state index >= 15 is 0 Å². The molecular formula is C11H15NO2S. The van der Waals surface area contributed by atoms with E-state index in [9.17, 15) is 8.42 Å². The third-order valence-corrected chi connectivity index (χ3v) is 5.37. The van der Waals surface area contributed by atoms with Crippen LogP contribution in [-0.4, -0.2) is 14.7 Å². The first-order valence-corrected chi connectivity index (χ1v) is 6.91. The number of rotatable bonds is 2. The van der Waals surface area contributed by atoms with Gasteiger partial charge in [-0.15, -0.1) is 0 Å². The van der Waals surface area contributed by atoms with Crippen LogP contribution >= 0.6 is 0 Å². The standard InChI is InChI=1S/C11H15NO2S/c1-15(13,14)11(7-4-8-11)9-5-2-3-6-10(9)12/h2-3,5-6H,4,7-8,12H2,1H3. The molecule has 4 heteroatoms. The zero-order chi connectivity index (χ0) is 11.1. The van der Waals surface area contributed by atoms with E-state index in [-0.39, 0.29) is 0 Å². The lowest BCUT2D eigenvalue weighted by molar-refractivity contribution is 0.347. The van der Waals surface area contributed by atoms with Crippen molar-refractivity contribution in [3.63, 3.8) is 0 Å². The number of nitrogens with two attached hydrogens (primary N) is 1. The van der Waals surface area contributed by atoms with Gasteiger partial charge in [-0.1, -0.05) is 18.2 Å². The Morgan fingerprint density at radius 2 is 1.87 bits per heavy atom. The van der Waals surface area contributed by atoms with Crippen LogP contribution in [-0.2, 0) is 14.6 Å². The first kappa shape index (κ1) is 10.5. The molecule has 0 spiro atoms. The number of sulfone groups is 1. The number of benzene rings is 1. The highest BCUT2D eigenvalue weighted by Crippen LogP contribution is 2.49. The molecule has 1 saturated carbocycles. The van der Waals surface area contributed by atoms with Gasteiger partial charge in [-0.05, 0) is 30.9 Å². The Morgan fingerprint density at radius 3 is 2.27 bits per heavy atom. The average molecular weight is 225 g/mol. The Morgan fingerprint density at radius 1 is 1.27 bits per heavy atom. The Labute approximate surface area is 90.2 Å². The van der Waals surface area contributed by atoms with Gasteiger partial charge in [-0.25, -0.2) is 8.42 Å². The Bertz CT molecular complexity index is 475. The highest BCUT2D eigenvalue weighted by molar-refractivity contribution is 7.91. The normalized spacial score (nSPS) is 19.5. The van der Waals surface area contributed by atoms with Gasteiger partial charge in [0.2, 0.25) is 0 Å². The van der Waals surface area contributed by atoms with Gasteiger partial charge in [0.25, 0.3) is 0 Å². The minimum atomic E-state index is -3.08. The second kappa shape index (κ2) is 3.23. The molecule has 0 heterocycles. The summed E-state index contributed by atoms with van der Waals surface area (Å²) in [5, 5.41) is 0. The van der Waals surface area contributed by atoms with E-state index < -0.39 is 14.6 Å². The highest BCUT2D eigenvalue weighted by atomic mass is 32.2. The molecule has 0 bridgehead atoms. The quantitative estimate of drug-likeness (QED) is 0.779. The van der Waals surface area contributed by atoms with Crippen molar-refractivity contribution < 1.29 is 8.42 Å². The topological polar surface area (TPSA) is 60.2 Å². The number of hydrogen-bond donors (Lipinski definition) is 1. The Balaban J connectivity index is 2.58. The molecule has 0 radical (unpaired) electrons. The van der Waals surface area contributed by atoms with Gasteiger partial charge in [0.15, 0.2) is 9.84 Å². The Hall–Kier alpha value is -1.03. The van der Waals surface area contributed by atoms with Gasteiger partial charge in [-0.3, -0.25) is 0 Å². The molecule has 0 saturated heterocycles. The van der Waals surface area contributed by atoms with E-state index in [1.54, 1.807) is 6.07 Å². The lowest BCUT2D eigenvalue weighted by atomic mass is 9.78. The molecule has 1 aromatic carbocycles. The van der Waals surface area contributed by atoms with Crippen molar-refractivity contribution in [2.45, 2.75) is 24.0 Å². The van der Waals surface area contributed by atoms with Crippen molar-refractivity contribution >= 4 is 15.5 Å². The summed E-state index contributed by atoms with van der Waals surface area (Å²) in [6.07, 6.45) is 3.65. The van der Waals surface area contributed by atoms with Gasteiger partial charge in [-0.2, -0.15) is 0 Å². The maximum Gasteiger partial charge on any atom is 0.157 e. The summed E-state index contributed by atoms with van der Waals surface area (Å²) in [6, 6.07) is 7.26. The zero-order valence-corrected chi connectivity index (χ0v) is 9.55. The number of hydrogen-bond acceptors (Lipinski definition) is 3. The summed E-state index contributed by atoms with van der Waals surface area (Å²) in [6.45, 7) is 0. The fraction of sp³-hybridized carbons (Fsp3) is 0.455. The summed E-state index contributed by atoms with van der Waals surface area (Å²) < 4.78 is 23.0. The predicted molar refractivity (Wildman–Crippen MR) is 61.2 cm³/mol. The molecule has 1 aliphatic rings. The van der Waals surface area contributed by atoms with Gasteiger partial charge >= 0.3 is 0 Å². The maximum atomic E-state index is 11.8. The summed E-state index contributed by atoms with van der Waals surface area (Å²) in [5.74, 6) is 0. The van der Waals surface area contributed by atoms with E-state index in [4.69, 9.17) is 5.73 Å². The van der Waals surface area contributed by atoms with E-state index in [2.05, 4.69) is 0 Å². The molecule has 1 fully saturated rings. The highest BCUT2D eigenvalue weighted by Gasteiger charge is 2.48. The van der Waals surface area contributed by atoms with Gasteiger partial charge < -0.3 is 5.73 Å². The number of anilines is 1. The second-order valence-corrected chi connectivity index (χ2v) is 6.53. The van der Waals surface area contributed by atoms with Crippen LogP contribution in [0.15, 0.2) is 24.3 Å². The molecule has 0 atom stereocenters. The fourth-order valence-corrected chi connectivity index (χ4v) is 3.87. The zero-order valence-electron chi connectivity index (χ0n) is 8.73. The predicted octanol–water partition coefficient (Wildman–Crippen LogP) is 1.69. The van der Waals surface area contributed by atoms with E-state index in [1.807, 2.05) is 18.2 Å². The molecule has 0 unspecified atom stereocenters. The molecule has 1 aliphatic carbocycles. The summed E-state index contributed by atoms with van der Waals surface area (Å²) in [7, 11) is -3.08. The minimum absolute atomic E-state index is 0.586. The van der Waals surface area contributed by atoms with Crippen molar-refractivity contribution in [2.24, 2.45) is 0 Å². The first-order valence-electron chi connectivity index (χ1n) is 5.02. The average Bonchev–Trinajstić information content (AvgIpc) is 2.03. The van der Waals surface area contributed by atoms with Crippen LogP contribution < -0.4 is 5.73 Å².